The highest BCUT2D eigenvalue weighted by atomic mass is 16.5. The number of benzene rings is 3. The molecular weight excluding hydrogens is 400 g/mol. The standard InChI is InChI=1S/C26H24N4O2/c1-2-14-32-24-11-7-6-10-19(24)25-28-21-16-22-23(15-20(21)26(31)29-25)30(17-27-22)13-12-18-8-4-3-5-9-18/h3-11,15-17H,2,12-14H2,1H3,(H,28,29,31). The normalized spacial score (nSPS) is 11.3. The molecule has 0 saturated carbocycles. The van der Waals surface area contributed by atoms with Crippen LogP contribution >= 0.6 is 0 Å². The topological polar surface area (TPSA) is 72.8 Å². The van der Waals surface area contributed by atoms with E-state index < -0.39 is 0 Å². The van der Waals surface area contributed by atoms with E-state index in [1.807, 2.05) is 60.9 Å². The van der Waals surface area contributed by atoms with Crippen LogP contribution in [0.1, 0.15) is 18.9 Å². The van der Waals surface area contributed by atoms with Gasteiger partial charge in [0.2, 0.25) is 0 Å². The van der Waals surface area contributed by atoms with Crippen LogP contribution in [0, 0.1) is 0 Å². The van der Waals surface area contributed by atoms with Crippen LogP contribution in [-0.2, 0) is 13.0 Å². The minimum Gasteiger partial charge on any atom is -0.493 e. The number of imidazole rings is 1. The molecule has 5 aromatic rings. The van der Waals surface area contributed by atoms with Crippen molar-refractivity contribution in [3.8, 4) is 17.1 Å². The Morgan fingerprint density at radius 1 is 1.00 bits per heavy atom. The molecule has 0 unspecified atom stereocenters. The molecule has 5 rings (SSSR count). The van der Waals surface area contributed by atoms with Gasteiger partial charge in [-0.15, -0.1) is 0 Å². The van der Waals surface area contributed by atoms with Crippen LogP contribution in [0.2, 0.25) is 0 Å². The second-order valence-electron chi connectivity index (χ2n) is 7.79. The van der Waals surface area contributed by atoms with E-state index in [4.69, 9.17) is 9.72 Å². The molecule has 160 valence electrons. The van der Waals surface area contributed by atoms with Gasteiger partial charge in [-0.05, 0) is 42.7 Å². The highest BCUT2D eigenvalue weighted by Crippen LogP contribution is 2.28. The van der Waals surface area contributed by atoms with Crippen LogP contribution in [0.4, 0.5) is 0 Å². The van der Waals surface area contributed by atoms with Crippen molar-refractivity contribution in [3.63, 3.8) is 0 Å². The molecule has 2 aromatic heterocycles. The largest absolute Gasteiger partial charge is 0.493 e. The minimum atomic E-state index is -0.173. The number of para-hydroxylation sites is 1. The molecule has 6 nitrogen and oxygen atoms in total. The lowest BCUT2D eigenvalue weighted by molar-refractivity contribution is 0.318. The van der Waals surface area contributed by atoms with E-state index in [9.17, 15) is 4.79 Å². The van der Waals surface area contributed by atoms with Gasteiger partial charge < -0.3 is 14.3 Å². The molecule has 0 saturated heterocycles. The quantitative estimate of drug-likeness (QED) is 0.400. The average molecular weight is 425 g/mol. The van der Waals surface area contributed by atoms with E-state index >= 15 is 0 Å². The summed E-state index contributed by atoms with van der Waals surface area (Å²) in [6.45, 7) is 3.45. The molecule has 3 aromatic carbocycles. The van der Waals surface area contributed by atoms with Crippen LogP contribution in [0.5, 0.6) is 5.75 Å². The third kappa shape index (κ3) is 3.87. The third-order valence-electron chi connectivity index (χ3n) is 5.54. The van der Waals surface area contributed by atoms with E-state index in [2.05, 4.69) is 33.6 Å². The summed E-state index contributed by atoms with van der Waals surface area (Å²) in [7, 11) is 0. The second-order valence-corrected chi connectivity index (χ2v) is 7.79. The Labute approximate surface area is 185 Å². The molecule has 0 fully saturated rings. The van der Waals surface area contributed by atoms with Crippen LogP contribution in [0.25, 0.3) is 33.3 Å². The van der Waals surface area contributed by atoms with E-state index in [0.717, 1.165) is 36.0 Å². The number of hydrogen-bond acceptors (Lipinski definition) is 4. The summed E-state index contributed by atoms with van der Waals surface area (Å²) in [6, 6.07) is 21.7. The summed E-state index contributed by atoms with van der Waals surface area (Å²) < 4.78 is 7.94. The van der Waals surface area contributed by atoms with Gasteiger partial charge in [0.1, 0.15) is 11.6 Å². The number of aromatic nitrogens is 4. The first-order valence-corrected chi connectivity index (χ1v) is 10.9. The van der Waals surface area contributed by atoms with Crippen molar-refractivity contribution in [2.24, 2.45) is 0 Å². The Balaban J connectivity index is 1.53. The SMILES string of the molecule is CCCOc1ccccc1-c1nc2cc3ncn(CCc4ccccc4)c3cc2c(=O)[nH]1. The van der Waals surface area contributed by atoms with Crippen LogP contribution < -0.4 is 10.3 Å². The van der Waals surface area contributed by atoms with E-state index in [1.54, 1.807) is 0 Å². The molecule has 32 heavy (non-hydrogen) atoms. The van der Waals surface area contributed by atoms with Crippen LogP contribution in [-0.4, -0.2) is 26.1 Å². The van der Waals surface area contributed by atoms with E-state index in [1.165, 1.54) is 5.56 Å². The van der Waals surface area contributed by atoms with Gasteiger partial charge in [-0.2, -0.15) is 0 Å². The highest BCUT2D eigenvalue weighted by molar-refractivity contribution is 5.93. The summed E-state index contributed by atoms with van der Waals surface area (Å²) in [6.07, 6.45) is 3.63. The van der Waals surface area contributed by atoms with Crippen molar-refractivity contribution in [3.05, 3.63) is 89.0 Å². The first kappa shape index (κ1) is 20.0. The predicted octanol–water partition coefficient (Wildman–Crippen LogP) is 4.97. The smallest absolute Gasteiger partial charge is 0.259 e. The fourth-order valence-electron chi connectivity index (χ4n) is 3.89. The number of nitrogens with one attached hydrogen (secondary N) is 1. The molecule has 0 atom stereocenters. The number of aromatic amines is 1. The Morgan fingerprint density at radius 2 is 1.81 bits per heavy atom. The van der Waals surface area contributed by atoms with Crippen molar-refractivity contribution in [2.75, 3.05) is 6.61 Å². The lowest BCUT2D eigenvalue weighted by Gasteiger charge is -2.11. The predicted molar refractivity (Wildman–Crippen MR) is 127 cm³/mol. The van der Waals surface area contributed by atoms with Gasteiger partial charge in [0.05, 0.1) is 40.4 Å². The molecule has 0 aliphatic carbocycles. The summed E-state index contributed by atoms with van der Waals surface area (Å²) >= 11 is 0. The Morgan fingerprint density at radius 3 is 2.66 bits per heavy atom. The maximum atomic E-state index is 13.0. The molecule has 0 bridgehead atoms. The van der Waals surface area contributed by atoms with Crippen molar-refractivity contribution >= 4 is 21.9 Å². The lowest BCUT2D eigenvalue weighted by atomic mass is 10.1. The maximum absolute atomic E-state index is 13.0. The van der Waals surface area contributed by atoms with Crippen molar-refractivity contribution in [1.82, 2.24) is 19.5 Å². The first-order chi connectivity index (χ1) is 15.7. The van der Waals surface area contributed by atoms with Gasteiger partial charge in [-0.1, -0.05) is 49.4 Å². The fraction of sp³-hybridized carbons (Fsp3) is 0.192. The molecule has 0 spiro atoms. The number of nitrogens with zero attached hydrogens (tertiary/aromatic N) is 3. The minimum absolute atomic E-state index is 0.173. The molecule has 6 heteroatoms. The number of ether oxygens (including phenoxy) is 1. The van der Waals surface area contributed by atoms with Gasteiger partial charge >= 0.3 is 0 Å². The number of aryl methyl sites for hydroxylation is 2. The summed E-state index contributed by atoms with van der Waals surface area (Å²) in [5.41, 5.74) is 4.24. The zero-order chi connectivity index (χ0) is 21.9. The Kier molecular flexibility index (Phi) is 5.42. The highest BCUT2D eigenvalue weighted by Gasteiger charge is 2.13. The molecule has 0 radical (unpaired) electrons. The van der Waals surface area contributed by atoms with Gasteiger partial charge in [0, 0.05) is 6.54 Å². The number of H-pyrrole nitrogens is 1. The molecule has 0 amide bonds. The lowest BCUT2D eigenvalue weighted by Crippen LogP contribution is -2.10. The summed E-state index contributed by atoms with van der Waals surface area (Å²) in [4.78, 5) is 25.2. The van der Waals surface area contributed by atoms with Crippen molar-refractivity contribution in [1.29, 1.82) is 0 Å². The van der Waals surface area contributed by atoms with E-state index in [-0.39, 0.29) is 5.56 Å². The van der Waals surface area contributed by atoms with Gasteiger partial charge in [0.15, 0.2) is 0 Å². The number of fused-ring (bicyclic) bond motifs is 2. The molecule has 0 aliphatic heterocycles. The average Bonchev–Trinajstić information content (AvgIpc) is 3.23. The van der Waals surface area contributed by atoms with Crippen molar-refractivity contribution in [2.45, 2.75) is 26.3 Å². The monoisotopic (exact) mass is 424 g/mol. The van der Waals surface area contributed by atoms with Crippen LogP contribution in [0.15, 0.2) is 77.9 Å². The number of hydrogen-bond donors (Lipinski definition) is 1. The first-order valence-electron chi connectivity index (χ1n) is 10.9. The summed E-state index contributed by atoms with van der Waals surface area (Å²) in [5, 5.41) is 0.551. The molecule has 2 heterocycles. The second kappa shape index (κ2) is 8.67. The third-order valence-corrected chi connectivity index (χ3v) is 5.54. The molecule has 1 N–H and O–H groups in total. The Bertz CT molecular complexity index is 1440. The van der Waals surface area contributed by atoms with Crippen LogP contribution in [0.3, 0.4) is 0 Å². The van der Waals surface area contributed by atoms with Gasteiger partial charge in [-0.25, -0.2) is 9.97 Å². The molecular formula is C26H24N4O2. The van der Waals surface area contributed by atoms with Gasteiger partial charge in [-0.3, -0.25) is 4.79 Å². The zero-order valence-electron chi connectivity index (χ0n) is 17.9. The Hall–Kier alpha value is -3.93. The zero-order valence-corrected chi connectivity index (χ0v) is 17.9. The van der Waals surface area contributed by atoms with E-state index in [0.29, 0.717) is 29.1 Å². The fourth-order valence-corrected chi connectivity index (χ4v) is 3.89. The van der Waals surface area contributed by atoms with Gasteiger partial charge in [0.25, 0.3) is 5.56 Å². The van der Waals surface area contributed by atoms with Crippen molar-refractivity contribution < 1.29 is 4.74 Å². The molecule has 0 aliphatic rings. The maximum Gasteiger partial charge on any atom is 0.259 e. The summed E-state index contributed by atoms with van der Waals surface area (Å²) in [5.74, 6) is 1.21. The number of rotatable bonds is 7.